The summed E-state index contributed by atoms with van der Waals surface area (Å²) in [5.41, 5.74) is 12.2. The van der Waals surface area contributed by atoms with E-state index in [0.717, 1.165) is 28.1 Å². The van der Waals surface area contributed by atoms with Gasteiger partial charge >= 0.3 is 0 Å². The highest BCUT2D eigenvalue weighted by atomic mass is 32.1. The van der Waals surface area contributed by atoms with Crippen LogP contribution < -0.4 is 11.5 Å². The van der Waals surface area contributed by atoms with Crippen molar-refractivity contribution in [2.24, 2.45) is 5.73 Å². The molecule has 82 valence electrons. The van der Waals surface area contributed by atoms with Gasteiger partial charge in [-0.15, -0.1) is 11.3 Å². The average Bonchev–Trinajstić information content (AvgIpc) is 2.94. The van der Waals surface area contributed by atoms with E-state index in [-0.39, 0.29) is 5.91 Å². The fourth-order valence-corrected chi connectivity index (χ4v) is 3.10. The number of amides is 1. The van der Waals surface area contributed by atoms with Gasteiger partial charge in [-0.25, -0.2) is 4.98 Å². The number of hydrogen-bond donors (Lipinski definition) is 2. The van der Waals surface area contributed by atoms with Gasteiger partial charge in [-0.1, -0.05) is 0 Å². The van der Waals surface area contributed by atoms with Crippen LogP contribution in [0.15, 0.2) is 18.2 Å². The second-order valence-electron chi connectivity index (χ2n) is 4.19. The van der Waals surface area contributed by atoms with Crippen LogP contribution in [0.5, 0.6) is 0 Å². The zero-order valence-electron chi connectivity index (χ0n) is 8.56. The maximum absolute atomic E-state index is 11.4. The Morgan fingerprint density at radius 3 is 2.81 bits per heavy atom. The highest BCUT2D eigenvalue weighted by molar-refractivity contribution is 7.18. The molecule has 1 aromatic heterocycles. The molecular weight excluding hydrogens is 222 g/mol. The molecule has 1 amide bonds. The molecule has 0 spiro atoms. The molecule has 1 aliphatic carbocycles. The number of nitrogens with two attached hydrogens (primary N) is 2. The number of rotatable bonds is 2. The third-order valence-corrected chi connectivity index (χ3v) is 4.27. The van der Waals surface area contributed by atoms with Crippen molar-refractivity contribution < 1.29 is 4.79 Å². The summed E-state index contributed by atoms with van der Waals surface area (Å²) < 4.78 is 1.02. The quantitative estimate of drug-likeness (QED) is 0.769. The first kappa shape index (κ1) is 9.59. The van der Waals surface area contributed by atoms with E-state index < -0.39 is 5.41 Å². The van der Waals surface area contributed by atoms with E-state index in [2.05, 4.69) is 4.98 Å². The molecule has 5 heteroatoms. The Balaban J connectivity index is 2.16. The fraction of sp³-hybridized carbons (Fsp3) is 0.273. The number of nitrogens with zero attached hydrogens (tertiary/aromatic N) is 1. The molecule has 3 rings (SSSR count). The van der Waals surface area contributed by atoms with E-state index in [9.17, 15) is 4.79 Å². The second kappa shape index (κ2) is 2.95. The molecule has 0 saturated heterocycles. The van der Waals surface area contributed by atoms with Crippen LogP contribution in [0.1, 0.15) is 17.8 Å². The number of nitrogen functional groups attached to an aromatic ring is 1. The molecule has 2 aromatic rings. The van der Waals surface area contributed by atoms with Gasteiger partial charge in [0.05, 0.1) is 10.2 Å². The van der Waals surface area contributed by atoms with Crippen molar-refractivity contribution >= 4 is 33.1 Å². The number of anilines is 1. The van der Waals surface area contributed by atoms with Gasteiger partial charge < -0.3 is 11.5 Å². The number of primary amides is 1. The number of thiazole rings is 1. The standard InChI is InChI=1S/C11H11N3OS/c12-6-1-2-7-8(5-6)16-10(14-7)11(3-4-11)9(13)15/h1-2,5H,3-4,12H2,(H2,13,15). The second-order valence-corrected chi connectivity index (χ2v) is 5.22. The molecule has 1 heterocycles. The zero-order chi connectivity index (χ0) is 11.3. The third kappa shape index (κ3) is 1.21. The van der Waals surface area contributed by atoms with Gasteiger partial charge in [0.2, 0.25) is 5.91 Å². The lowest BCUT2D eigenvalue weighted by Crippen LogP contribution is -2.28. The van der Waals surface area contributed by atoms with Gasteiger partial charge in [0.15, 0.2) is 0 Å². The highest BCUT2D eigenvalue weighted by Gasteiger charge is 2.52. The SMILES string of the molecule is NC(=O)C1(c2nc3ccc(N)cc3s2)CC1. The van der Waals surface area contributed by atoms with Crippen LogP contribution >= 0.6 is 11.3 Å². The third-order valence-electron chi connectivity index (χ3n) is 3.04. The molecule has 0 bridgehead atoms. The number of benzene rings is 1. The Hall–Kier alpha value is -1.62. The lowest BCUT2D eigenvalue weighted by molar-refractivity contribution is -0.120. The molecule has 16 heavy (non-hydrogen) atoms. The van der Waals surface area contributed by atoms with Crippen molar-refractivity contribution in [1.29, 1.82) is 0 Å². The molecule has 4 nitrogen and oxygen atoms in total. The van der Waals surface area contributed by atoms with E-state index in [0.29, 0.717) is 5.69 Å². The molecule has 0 radical (unpaired) electrons. The molecule has 0 unspecified atom stereocenters. The minimum absolute atomic E-state index is 0.264. The zero-order valence-corrected chi connectivity index (χ0v) is 9.38. The molecule has 1 saturated carbocycles. The summed E-state index contributed by atoms with van der Waals surface area (Å²) in [5, 5.41) is 0.834. The minimum Gasteiger partial charge on any atom is -0.399 e. The number of hydrogen-bond acceptors (Lipinski definition) is 4. The normalized spacial score (nSPS) is 17.5. The van der Waals surface area contributed by atoms with Gasteiger partial charge in [-0.3, -0.25) is 4.79 Å². The summed E-state index contributed by atoms with van der Waals surface area (Å²) in [5.74, 6) is -0.264. The van der Waals surface area contributed by atoms with Gasteiger partial charge in [-0.2, -0.15) is 0 Å². The maximum atomic E-state index is 11.4. The van der Waals surface area contributed by atoms with Crippen LogP contribution in [0.25, 0.3) is 10.2 Å². The summed E-state index contributed by atoms with van der Waals surface area (Å²) in [7, 11) is 0. The Labute approximate surface area is 96.3 Å². The van der Waals surface area contributed by atoms with E-state index in [1.165, 1.54) is 11.3 Å². The first-order chi connectivity index (χ1) is 7.62. The van der Waals surface area contributed by atoms with Gasteiger partial charge in [0.1, 0.15) is 10.4 Å². The Bertz CT molecular complexity index is 586. The first-order valence-electron chi connectivity index (χ1n) is 5.08. The van der Waals surface area contributed by atoms with E-state index in [1.807, 2.05) is 18.2 Å². The predicted molar refractivity (Wildman–Crippen MR) is 64.1 cm³/mol. The largest absolute Gasteiger partial charge is 0.399 e. The lowest BCUT2D eigenvalue weighted by atomic mass is 10.1. The Morgan fingerprint density at radius 2 is 2.19 bits per heavy atom. The molecule has 0 aliphatic heterocycles. The molecule has 0 atom stereocenters. The van der Waals surface area contributed by atoms with Crippen molar-refractivity contribution in [3.8, 4) is 0 Å². The number of carbonyl (C=O) groups is 1. The first-order valence-corrected chi connectivity index (χ1v) is 5.90. The van der Waals surface area contributed by atoms with Crippen LogP contribution in [-0.2, 0) is 10.2 Å². The van der Waals surface area contributed by atoms with Crippen LogP contribution in [-0.4, -0.2) is 10.9 Å². The smallest absolute Gasteiger partial charge is 0.230 e. The summed E-state index contributed by atoms with van der Waals surface area (Å²) in [6.07, 6.45) is 1.63. The van der Waals surface area contributed by atoms with Crippen molar-refractivity contribution in [3.63, 3.8) is 0 Å². The average molecular weight is 233 g/mol. The van der Waals surface area contributed by atoms with Crippen molar-refractivity contribution in [3.05, 3.63) is 23.2 Å². The maximum Gasteiger partial charge on any atom is 0.230 e. The Morgan fingerprint density at radius 1 is 1.44 bits per heavy atom. The molecule has 1 aliphatic rings. The topological polar surface area (TPSA) is 82.0 Å². The monoisotopic (exact) mass is 233 g/mol. The summed E-state index contributed by atoms with van der Waals surface area (Å²) in [6, 6.07) is 5.57. The van der Waals surface area contributed by atoms with Crippen LogP contribution in [0.3, 0.4) is 0 Å². The van der Waals surface area contributed by atoms with E-state index >= 15 is 0 Å². The lowest BCUT2D eigenvalue weighted by Gasteiger charge is -2.04. The summed E-state index contributed by atoms with van der Waals surface area (Å²) >= 11 is 1.52. The van der Waals surface area contributed by atoms with Crippen molar-refractivity contribution in [2.75, 3.05) is 5.73 Å². The fourth-order valence-electron chi connectivity index (χ4n) is 1.84. The summed E-state index contributed by atoms with van der Waals surface area (Å²) in [4.78, 5) is 15.9. The van der Waals surface area contributed by atoms with E-state index in [1.54, 1.807) is 0 Å². The molecule has 1 fully saturated rings. The van der Waals surface area contributed by atoms with Gasteiger partial charge in [-0.05, 0) is 31.0 Å². The minimum atomic E-state index is -0.488. The Kier molecular flexibility index (Phi) is 1.77. The number of fused-ring (bicyclic) bond motifs is 1. The predicted octanol–water partition coefficient (Wildman–Crippen LogP) is 1.40. The van der Waals surface area contributed by atoms with Crippen LogP contribution in [0.2, 0.25) is 0 Å². The highest BCUT2D eigenvalue weighted by Crippen LogP contribution is 2.50. The molecular formula is C11H11N3OS. The van der Waals surface area contributed by atoms with Gasteiger partial charge in [0.25, 0.3) is 0 Å². The summed E-state index contributed by atoms with van der Waals surface area (Å²) in [6.45, 7) is 0. The molecule has 4 N–H and O–H groups in total. The van der Waals surface area contributed by atoms with E-state index in [4.69, 9.17) is 11.5 Å². The van der Waals surface area contributed by atoms with Crippen molar-refractivity contribution in [2.45, 2.75) is 18.3 Å². The molecule has 1 aromatic carbocycles. The van der Waals surface area contributed by atoms with Crippen LogP contribution in [0.4, 0.5) is 5.69 Å². The number of aromatic nitrogens is 1. The number of carbonyl (C=O) groups excluding carboxylic acids is 1. The van der Waals surface area contributed by atoms with Crippen molar-refractivity contribution in [1.82, 2.24) is 4.98 Å². The van der Waals surface area contributed by atoms with Gasteiger partial charge in [0, 0.05) is 5.69 Å². The van der Waals surface area contributed by atoms with Crippen LogP contribution in [0, 0.1) is 0 Å².